The lowest BCUT2D eigenvalue weighted by atomic mass is 10.1. The van der Waals surface area contributed by atoms with Gasteiger partial charge in [-0.15, -0.1) is 11.3 Å². The number of rotatable bonds is 5. The van der Waals surface area contributed by atoms with Crippen LogP contribution in [0.25, 0.3) is 10.4 Å². The molecule has 1 atom stereocenters. The molecule has 3 amide bonds. The van der Waals surface area contributed by atoms with Crippen LogP contribution in [0.3, 0.4) is 0 Å². The van der Waals surface area contributed by atoms with Gasteiger partial charge in [0.05, 0.1) is 5.56 Å². The molecule has 4 rings (SSSR count). The van der Waals surface area contributed by atoms with Gasteiger partial charge in [-0.25, -0.2) is 0 Å². The standard InChI is InChI=1S/C26H27N3O3S/c1-26(2,3)28-23(31)21-22(30)27-24-19(16-20(33-24)18-12-8-5-9-13-18)25(32)29(21)15-14-17-10-6-4-7-11-17/h4-13,16,21H,14-15H2,1-3H3,(H,27,30)(H,28,31). The van der Waals surface area contributed by atoms with E-state index in [4.69, 9.17) is 0 Å². The first kappa shape index (κ1) is 22.7. The van der Waals surface area contributed by atoms with Crippen LogP contribution in [0, 0.1) is 0 Å². The predicted molar refractivity (Wildman–Crippen MR) is 131 cm³/mol. The molecule has 2 N–H and O–H groups in total. The summed E-state index contributed by atoms with van der Waals surface area (Å²) in [5.74, 6) is -1.31. The van der Waals surface area contributed by atoms with Crippen molar-refractivity contribution in [3.8, 4) is 10.4 Å². The number of nitrogens with one attached hydrogen (secondary N) is 2. The van der Waals surface area contributed by atoms with Crippen LogP contribution in [0.1, 0.15) is 36.7 Å². The minimum absolute atomic E-state index is 0.244. The van der Waals surface area contributed by atoms with Gasteiger partial charge in [0.15, 0.2) is 6.04 Å². The third kappa shape index (κ3) is 5.14. The molecule has 0 radical (unpaired) electrons. The van der Waals surface area contributed by atoms with Crippen molar-refractivity contribution in [2.45, 2.75) is 38.8 Å². The van der Waals surface area contributed by atoms with E-state index in [0.29, 0.717) is 17.0 Å². The number of hydrogen-bond acceptors (Lipinski definition) is 4. The molecule has 6 nitrogen and oxygen atoms in total. The third-order valence-electron chi connectivity index (χ3n) is 5.31. The number of carbonyl (C=O) groups is 3. The van der Waals surface area contributed by atoms with Gasteiger partial charge in [0.2, 0.25) is 0 Å². The van der Waals surface area contributed by atoms with Gasteiger partial charge in [-0.1, -0.05) is 60.7 Å². The van der Waals surface area contributed by atoms with Gasteiger partial charge >= 0.3 is 0 Å². The van der Waals surface area contributed by atoms with E-state index in [1.165, 1.54) is 16.2 Å². The molecule has 3 aromatic rings. The van der Waals surface area contributed by atoms with Crippen LogP contribution in [0.15, 0.2) is 66.7 Å². The first-order chi connectivity index (χ1) is 15.7. The van der Waals surface area contributed by atoms with E-state index in [1.807, 2.05) is 81.4 Å². The van der Waals surface area contributed by atoms with Crippen LogP contribution >= 0.6 is 11.3 Å². The highest BCUT2D eigenvalue weighted by Crippen LogP contribution is 2.38. The molecule has 7 heteroatoms. The van der Waals surface area contributed by atoms with E-state index < -0.39 is 23.4 Å². The summed E-state index contributed by atoms with van der Waals surface area (Å²) >= 11 is 1.34. The highest BCUT2D eigenvalue weighted by molar-refractivity contribution is 7.20. The zero-order valence-corrected chi connectivity index (χ0v) is 19.7. The summed E-state index contributed by atoms with van der Waals surface area (Å²) < 4.78 is 0. The van der Waals surface area contributed by atoms with E-state index >= 15 is 0 Å². The molecule has 0 aliphatic carbocycles. The summed E-state index contributed by atoms with van der Waals surface area (Å²) in [6.45, 7) is 5.78. The monoisotopic (exact) mass is 461 g/mol. The fourth-order valence-corrected chi connectivity index (χ4v) is 4.86. The van der Waals surface area contributed by atoms with Crippen molar-refractivity contribution in [2.24, 2.45) is 0 Å². The summed E-state index contributed by atoms with van der Waals surface area (Å²) in [6, 6.07) is 20.0. The van der Waals surface area contributed by atoms with Gasteiger partial charge in [-0.2, -0.15) is 0 Å². The van der Waals surface area contributed by atoms with E-state index in [-0.39, 0.29) is 12.5 Å². The quantitative estimate of drug-likeness (QED) is 0.555. The van der Waals surface area contributed by atoms with Gasteiger partial charge < -0.3 is 15.5 Å². The number of amides is 3. The van der Waals surface area contributed by atoms with Crippen molar-refractivity contribution >= 4 is 34.1 Å². The largest absolute Gasteiger partial charge is 0.349 e. The van der Waals surface area contributed by atoms with Gasteiger partial charge in [-0.05, 0) is 44.4 Å². The van der Waals surface area contributed by atoms with Crippen molar-refractivity contribution in [3.63, 3.8) is 0 Å². The molecule has 1 aliphatic heterocycles. The van der Waals surface area contributed by atoms with Crippen molar-refractivity contribution < 1.29 is 14.4 Å². The van der Waals surface area contributed by atoms with Crippen LogP contribution in [-0.4, -0.2) is 40.7 Å². The van der Waals surface area contributed by atoms with Crippen LogP contribution in [0.4, 0.5) is 5.00 Å². The smallest absolute Gasteiger partial charge is 0.257 e. The lowest BCUT2D eigenvalue weighted by Crippen LogP contribution is -2.57. The summed E-state index contributed by atoms with van der Waals surface area (Å²) in [5.41, 5.74) is 1.87. The Hall–Kier alpha value is -3.45. The summed E-state index contributed by atoms with van der Waals surface area (Å²) in [5, 5.41) is 6.18. The van der Waals surface area contributed by atoms with E-state index in [9.17, 15) is 14.4 Å². The predicted octanol–water partition coefficient (Wildman–Crippen LogP) is 4.34. The summed E-state index contributed by atoms with van der Waals surface area (Å²) in [4.78, 5) is 42.4. The second kappa shape index (κ2) is 9.19. The second-order valence-corrected chi connectivity index (χ2v) is 10.1. The maximum Gasteiger partial charge on any atom is 0.257 e. The van der Waals surface area contributed by atoms with Crippen molar-refractivity contribution in [1.29, 1.82) is 0 Å². The lowest BCUT2D eigenvalue weighted by molar-refractivity contribution is -0.134. The first-order valence-electron chi connectivity index (χ1n) is 10.9. The highest BCUT2D eigenvalue weighted by Gasteiger charge is 2.41. The van der Waals surface area contributed by atoms with E-state index in [2.05, 4.69) is 10.6 Å². The topological polar surface area (TPSA) is 78.5 Å². The van der Waals surface area contributed by atoms with Gasteiger partial charge in [0.25, 0.3) is 17.7 Å². The number of hydrogen-bond donors (Lipinski definition) is 2. The third-order valence-corrected chi connectivity index (χ3v) is 6.41. The van der Waals surface area contributed by atoms with Crippen LogP contribution in [0.5, 0.6) is 0 Å². The van der Waals surface area contributed by atoms with Gasteiger partial charge in [0, 0.05) is 17.0 Å². The molecule has 33 heavy (non-hydrogen) atoms. The average Bonchev–Trinajstić information content (AvgIpc) is 3.16. The maximum absolute atomic E-state index is 13.7. The number of thiophene rings is 1. The fraction of sp³-hybridized carbons (Fsp3) is 0.269. The number of nitrogens with zero attached hydrogens (tertiary/aromatic N) is 1. The normalized spacial score (nSPS) is 16.1. The first-order valence-corrected chi connectivity index (χ1v) is 11.7. The molecule has 0 bridgehead atoms. The molecule has 1 aliphatic rings. The van der Waals surface area contributed by atoms with E-state index in [0.717, 1.165) is 16.0 Å². The zero-order valence-electron chi connectivity index (χ0n) is 18.9. The van der Waals surface area contributed by atoms with Crippen molar-refractivity contribution in [3.05, 3.63) is 77.9 Å². The Balaban J connectivity index is 1.70. The SMILES string of the molecule is CC(C)(C)NC(=O)C1C(=O)Nc2sc(-c3ccccc3)cc2C(=O)N1CCc1ccccc1. The molecule has 170 valence electrons. The van der Waals surface area contributed by atoms with Crippen LogP contribution in [-0.2, 0) is 16.0 Å². The fourth-order valence-electron chi connectivity index (χ4n) is 3.80. The highest BCUT2D eigenvalue weighted by atomic mass is 32.1. The van der Waals surface area contributed by atoms with E-state index in [1.54, 1.807) is 6.07 Å². The number of fused-ring (bicyclic) bond motifs is 1. The Morgan fingerprint density at radius 1 is 1.03 bits per heavy atom. The summed E-state index contributed by atoms with van der Waals surface area (Å²) in [7, 11) is 0. The van der Waals surface area contributed by atoms with Crippen LogP contribution in [0.2, 0.25) is 0 Å². The Bertz CT molecular complexity index is 1170. The Kier molecular flexibility index (Phi) is 6.33. The molecule has 1 aromatic heterocycles. The Labute approximate surface area is 197 Å². The number of carbonyl (C=O) groups excluding carboxylic acids is 3. The minimum atomic E-state index is -1.25. The van der Waals surface area contributed by atoms with Gasteiger partial charge in [-0.3, -0.25) is 14.4 Å². The maximum atomic E-state index is 13.7. The molecule has 2 aromatic carbocycles. The Morgan fingerprint density at radius 3 is 2.30 bits per heavy atom. The van der Waals surface area contributed by atoms with Gasteiger partial charge in [0.1, 0.15) is 5.00 Å². The van der Waals surface area contributed by atoms with Crippen molar-refractivity contribution in [1.82, 2.24) is 10.2 Å². The molecule has 0 spiro atoms. The Morgan fingerprint density at radius 2 is 1.67 bits per heavy atom. The van der Waals surface area contributed by atoms with Crippen molar-refractivity contribution in [2.75, 3.05) is 11.9 Å². The molecular weight excluding hydrogens is 434 g/mol. The summed E-state index contributed by atoms with van der Waals surface area (Å²) in [6.07, 6.45) is 0.532. The molecule has 0 saturated carbocycles. The minimum Gasteiger partial charge on any atom is -0.349 e. The lowest BCUT2D eigenvalue weighted by Gasteiger charge is -2.30. The second-order valence-electron chi connectivity index (χ2n) is 9.08. The molecule has 1 unspecified atom stereocenters. The molecular formula is C26H27N3O3S. The zero-order chi connectivity index (χ0) is 23.6. The number of anilines is 1. The number of benzene rings is 2. The molecule has 0 saturated heterocycles. The molecule has 2 heterocycles. The van der Waals surface area contributed by atoms with Crippen LogP contribution < -0.4 is 10.6 Å². The average molecular weight is 462 g/mol. The molecule has 0 fully saturated rings.